The largest absolute Gasteiger partial charge is 0.497 e. The number of fused-ring (bicyclic) bond motifs is 4. The van der Waals surface area contributed by atoms with E-state index in [1.807, 2.05) is 166 Å². The zero-order valence-corrected chi connectivity index (χ0v) is 76.9. The van der Waals surface area contributed by atoms with Crippen molar-refractivity contribution in [3.8, 4) is 57.1 Å². The van der Waals surface area contributed by atoms with Crippen molar-refractivity contribution in [2.75, 3.05) is 54.5 Å². The number of nitrogens with one attached hydrogen (secondary N) is 4. The number of benzene rings is 8. The van der Waals surface area contributed by atoms with E-state index < -0.39 is 24.4 Å². The number of aryl methyl sites for hydroxylation is 5. The fourth-order valence-electron chi connectivity index (χ4n) is 16.7. The van der Waals surface area contributed by atoms with Gasteiger partial charge in [-0.2, -0.15) is 0 Å². The fraction of sp³-hybridized carbons (Fsp3) is 0.299. The molecule has 12 aromatic rings. The fourth-order valence-corrected chi connectivity index (χ4v) is 17.8. The van der Waals surface area contributed by atoms with E-state index in [0.717, 1.165) is 67.1 Å². The quantitative estimate of drug-likeness (QED) is 0.0432. The van der Waals surface area contributed by atoms with Crippen LogP contribution in [0.3, 0.4) is 0 Å². The van der Waals surface area contributed by atoms with Crippen LogP contribution in [0.15, 0.2) is 189 Å². The molecule has 0 saturated carbocycles. The summed E-state index contributed by atoms with van der Waals surface area (Å²) < 4.78 is 38.7. The third-order valence-electron chi connectivity index (χ3n) is 23.1. The van der Waals surface area contributed by atoms with Crippen molar-refractivity contribution in [1.29, 1.82) is 0 Å². The van der Waals surface area contributed by atoms with Gasteiger partial charge in [0.1, 0.15) is 82.0 Å². The van der Waals surface area contributed by atoms with E-state index in [-0.39, 0.29) is 70.3 Å². The zero-order valence-electron chi connectivity index (χ0n) is 73.9. The Kier molecular flexibility index (Phi) is 28.5. The van der Waals surface area contributed by atoms with E-state index in [4.69, 9.17) is 84.8 Å². The molecule has 31 heteroatoms. The summed E-state index contributed by atoms with van der Waals surface area (Å²) in [5.41, 5.74) is 15.9. The van der Waals surface area contributed by atoms with Crippen molar-refractivity contribution in [3.05, 3.63) is 304 Å². The first-order chi connectivity index (χ1) is 61.0. The number of carbonyl (C=O) groups is 4. The van der Waals surface area contributed by atoms with Gasteiger partial charge in [0.15, 0.2) is 0 Å². The van der Waals surface area contributed by atoms with Gasteiger partial charge in [-0.25, -0.2) is 19.9 Å². The van der Waals surface area contributed by atoms with Crippen LogP contribution in [0.4, 0.5) is 28.4 Å². The Bertz CT molecular complexity index is 6400. The average molecular weight is 1810 g/mol. The van der Waals surface area contributed by atoms with E-state index in [1.165, 1.54) is 41.4 Å². The number of hydrogen-bond donors (Lipinski definition) is 4. The highest BCUT2D eigenvalue weighted by Gasteiger charge is 2.41. The monoisotopic (exact) mass is 1810 g/mol. The molecule has 4 aliphatic carbocycles. The molecule has 4 aromatic heterocycles. The topological polar surface area (TPSA) is 315 Å². The van der Waals surface area contributed by atoms with Crippen LogP contribution in [-0.4, -0.2) is 115 Å². The van der Waals surface area contributed by atoms with Gasteiger partial charge in [0, 0.05) is 129 Å². The summed E-state index contributed by atoms with van der Waals surface area (Å²) in [5.74, 6) is 1.92. The molecule has 4 heterocycles. The van der Waals surface area contributed by atoms with Crippen molar-refractivity contribution >= 4 is 98.7 Å². The number of esters is 4. The van der Waals surface area contributed by atoms with Gasteiger partial charge in [-0.15, -0.1) is 0 Å². The van der Waals surface area contributed by atoms with Gasteiger partial charge >= 0.3 is 23.9 Å². The Hall–Kier alpha value is -13.1. The number of methoxy groups -OCH3 is 2. The van der Waals surface area contributed by atoms with Gasteiger partial charge in [-0.05, 0) is 157 Å². The van der Waals surface area contributed by atoms with Crippen LogP contribution < -0.4 is 57.9 Å². The van der Waals surface area contributed by atoms with E-state index in [2.05, 4.69) is 31.2 Å². The molecule has 0 saturated heterocycles. The minimum atomic E-state index is -0.413. The highest BCUT2D eigenvalue weighted by atomic mass is 35.5. The third kappa shape index (κ3) is 19.9. The first-order valence-electron chi connectivity index (χ1n) is 41.3. The molecule has 664 valence electrons. The molecule has 4 N–H and O–H groups in total. The third-order valence-corrected chi connectivity index (χ3v) is 24.2. The Morgan fingerprint density at radius 1 is 0.359 bits per heavy atom. The predicted octanol–water partition coefficient (Wildman–Crippen LogP) is 16.6. The molecule has 4 aliphatic rings. The van der Waals surface area contributed by atoms with Crippen LogP contribution in [0.2, 0.25) is 20.1 Å². The molecule has 0 fully saturated rings. The average Bonchev–Trinajstić information content (AvgIpc) is 1.24. The normalized spacial score (nSPS) is 17.1. The summed E-state index contributed by atoms with van der Waals surface area (Å²) in [6.45, 7) is 14.7. The Labute approximate surface area is 760 Å². The first-order valence-corrected chi connectivity index (χ1v) is 42.8. The second kappa shape index (κ2) is 39.4. The predicted molar refractivity (Wildman–Crippen MR) is 499 cm³/mol. The maximum absolute atomic E-state index is 13.4. The minimum Gasteiger partial charge on any atom is -0.497 e. The molecule has 27 nitrogen and oxygen atoms in total. The van der Waals surface area contributed by atoms with Crippen LogP contribution >= 0.6 is 46.4 Å². The van der Waals surface area contributed by atoms with Crippen molar-refractivity contribution in [2.24, 2.45) is 28.2 Å². The number of ether oxygens (including phenoxy) is 6. The summed E-state index contributed by atoms with van der Waals surface area (Å²) >= 11 is 25.3. The molecular weight excluding hydrogens is 1710 g/mol. The van der Waals surface area contributed by atoms with E-state index >= 15 is 0 Å². The lowest BCUT2D eigenvalue weighted by Crippen LogP contribution is -2.31. The first kappa shape index (κ1) is 92.6. The van der Waals surface area contributed by atoms with Gasteiger partial charge < -0.3 is 54.6 Å². The highest BCUT2D eigenvalue weighted by molar-refractivity contribution is 6.36. The second-order valence-electron chi connectivity index (χ2n) is 31.9. The number of hydrogen-bond acceptors (Lipinski definition) is 23. The summed E-state index contributed by atoms with van der Waals surface area (Å²) in [6.07, 6.45) is 0.733. The Morgan fingerprint density at radius 2 is 0.625 bits per heavy atom. The van der Waals surface area contributed by atoms with Gasteiger partial charge in [-0.3, -0.25) is 56.6 Å². The van der Waals surface area contributed by atoms with Crippen LogP contribution in [0.5, 0.6) is 11.5 Å². The van der Waals surface area contributed by atoms with Crippen LogP contribution in [0.1, 0.15) is 125 Å². The van der Waals surface area contributed by atoms with Crippen molar-refractivity contribution in [2.45, 2.75) is 137 Å². The Balaban J connectivity index is 0.000000146. The van der Waals surface area contributed by atoms with Gasteiger partial charge in [0.25, 0.3) is 22.2 Å². The lowest BCUT2D eigenvalue weighted by molar-refractivity contribution is -0.147. The van der Waals surface area contributed by atoms with Crippen molar-refractivity contribution in [1.82, 2.24) is 38.2 Å². The van der Waals surface area contributed by atoms with E-state index in [1.54, 1.807) is 104 Å². The van der Waals surface area contributed by atoms with Crippen LogP contribution in [0, 0.1) is 34.6 Å². The number of aromatic nitrogens is 8. The number of halogens is 4. The molecule has 0 bridgehead atoms. The second-order valence-corrected chi connectivity index (χ2v) is 33.6. The summed E-state index contributed by atoms with van der Waals surface area (Å²) in [6, 6.07) is 51.8. The highest BCUT2D eigenvalue weighted by Crippen LogP contribution is 2.43. The van der Waals surface area contributed by atoms with Crippen molar-refractivity contribution < 1.29 is 47.6 Å². The summed E-state index contributed by atoms with van der Waals surface area (Å²) in [7, 11) is 13.8. The van der Waals surface area contributed by atoms with Crippen LogP contribution in [-0.2, 0) is 92.0 Å². The summed E-state index contributed by atoms with van der Waals surface area (Å²) in [5, 5.41) is 15.2. The van der Waals surface area contributed by atoms with Gasteiger partial charge in [0.05, 0.1) is 76.2 Å². The number of anilines is 5. The van der Waals surface area contributed by atoms with Gasteiger partial charge in [-0.1, -0.05) is 143 Å². The molecule has 0 aliphatic heterocycles. The maximum Gasteiger partial charge on any atom is 0.302 e. The lowest BCUT2D eigenvalue weighted by Gasteiger charge is -2.24. The molecular formula is C97H99Cl4N13O14. The molecule has 0 spiro atoms. The lowest BCUT2D eigenvalue weighted by atomic mass is 10.1. The Morgan fingerprint density at radius 3 is 0.898 bits per heavy atom. The molecule has 128 heavy (non-hydrogen) atoms. The molecule has 0 radical (unpaired) electrons. The standard InChI is InChI=1S/C25H27ClN4O3.C25H27N3O4.C24H24ClN3O4.C23H21Cl2N3O3/c1-14-22(28-23-18-9-7-6-8-16(18)12-21(23)33-15(2)31)25(32)30(5)24(27-14)19-11-10-17(29(3)4)13-20(19)26;1-14-12-18(31-5)10-11-19(14)24-26-15(2)22(25(30)28(24)4)27-23-20-9-7-6-8-17(20)13-21(23)32-16(3)29;1-13-21(27-22-17-8-6-5-7-15(17)11-20(22)32-14(2)29)24(30)28(3)23(26-13)18-10-9-16(31-4)12-19(18)25;1-12-20(23(30)28(3)22(26-12)17-9-8-15(24)11-18(17)25)27-21-16-7-5-4-6-14(16)10-19(21)31-13(2)29/h6-11,13,21,23,28H,12H2,1-5H3;6-12,21,23,27H,13H2,1-5H3;5-10,12,20,22,27H,11H2,1-4H3;4-9,11,19,21,27H,10H2,1-3H3/t2*21-,23?;20-,22?;19-,21?/m0000/s1. The van der Waals surface area contributed by atoms with E-state index in [0.29, 0.717) is 137 Å². The zero-order chi connectivity index (χ0) is 92.1. The molecule has 4 unspecified atom stereocenters. The van der Waals surface area contributed by atoms with Crippen LogP contribution in [0.25, 0.3) is 45.6 Å². The smallest absolute Gasteiger partial charge is 0.302 e. The molecule has 0 amide bonds. The maximum atomic E-state index is 13.4. The number of nitrogens with zero attached hydrogens (tertiary/aromatic N) is 9. The molecule has 8 atom stereocenters. The van der Waals surface area contributed by atoms with E-state index in [9.17, 15) is 38.4 Å². The number of rotatable bonds is 19. The SMILES string of the molecule is CC(=O)O[C@H]1Cc2ccccc2C1Nc1c(C)nc(-c2ccc(Cl)cc2Cl)n(C)c1=O.CC(=O)O[C@H]1Cc2ccccc2C1Nc1c(C)nc(-c2ccc(N(C)C)cc2Cl)n(C)c1=O.COc1ccc(-c2nc(C)c(NC3c4ccccc4C[C@@H]3OC(C)=O)c(=O)n2C)c(C)c1.COc1ccc(-c2nc(C)c(NC3c4ccccc4C[C@@H]3OC(C)=O)c(=O)n2C)c(Cl)c1. The minimum absolute atomic E-state index is 0.186. The van der Waals surface area contributed by atoms with Crippen molar-refractivity contribution in [3.63, 3.8) is 0 Å². The summed E-state index contributed by atoms with van der Waals surface area (Å²) in [4.78, 5) is 121. The van der Waals surface area contributed by atoms with Gasteiger partial charge in [0.2, 0.25) is 0 Å². The number of carbonyl (C=O) groups excluding carboxylic acids is 4. The molecule has 8 aromatic carbocycles. The molecule has 16 rings (SSSR count).